The number of piperazine rings is 1. The van der Waals surface area contributed by atoms with E-state index in [4.69, 9.17) is 0 Å². The fraction of sp³-hybridized carbons (Fsp3) is 0.350. The standard InChI is InChI=1S/C20H24N8/c1-3-17-23-19(26-20(24-17)28-13-11-27(2)12-14-28)25-18-21-10-9-16(22-18)15-7-5-4-6-8-15/h4-10H,3,11-14H2,1-2H3,(H,21,22,23,24,25,26). The molecule has 28 heavy (non-hydrogen) atoms. The minimum atomic E-state index is 0.471. The van der Waals surface area contributed by atoms with E-state index in [0.29, 0.717) is 17.8 Å². The first-order valence-corrected chi connectivity index (χ1v) is 9.55. The summed E-state index contributed by atoms with van der Waals surface area (Å²) in [6, 6.07) is 11.9. The Bertz CT molecular complexity index is 922. The molecule has 3 aromatic rings. The number of hydrogen-bond donors (Lipinski definition) is 1. The van der Waals surface area contributed by atoms with Crippen molar-refractivity contribution in [1.29, 1.82) is 0 Å². The van der Waals surface area contributed by atoms with Crippen molar-refractivity contribution >= 4 is 17.8 Å². The van der Waals surface area contributed by atoms with Crippen LogP contribution < -0.4 is 10.2 Å². The monoisotopic (exact) mass is 376 g/mol. The van der Waals surface area contributed by atoms with E-state index >= 15 is 0 Å². The summed E-state index contributed by atoms with van der Waals surface area (Å²) in [4.78, 5) is 27.2. The van der Waals surface area contributed by atoms with Gasteiger partial charge in [-0.1, -0.05) is 37.3 Å². The number of hydrogen-bond acceptors (Lipinski definition) is 8. The summed E-state index contributed by atoms with van der Waals surface area (Å²) in [5.41, 5.74) is 1.89. The van der Waals surface area contributed by atoms with Crippen molar-refractivity contribution in [2.24, 2.45) is 0 Å². The van der Waals surface area contributed by atoms with Crippen LogP contribution in [0.4, 0.5) is 17.8 Å². The maximum atomic E-state index is 4.62. The molecule has 0 saturated carbocycles. The van der Waals surface area contributed by atoms with Gasteiger partial charge >= 0.3 is 0 Å². The molecule has 2 aromatic heterocycles. The summed E-state index contributed by atoms with van der Waals surface area (Å²) < 4.78 is 0. The average Bonchev–Trinajstić information content (AvgIpc) is 2.75. The van der Waals surface area contributed by atoms with Gasteiger partial charge in [0.1, 0.15) is 5.82 Å². The molecule has 1 aliphatic heterocycles. The largest absolute Gasteiger partial charge is 0.338 e. The minimum Gasteiger partial charge on any atom is -0.338 e. The van der Waals surface area contributed by atoms with Crippen molar-refractivity contribution in [3.05, 3.63) is 48.4 Å². The van der Waals surface area contributed by atoms with E-state index in [-0.39, 0.29) is 0 Å². The number of benzene rings is 1. The Labute approximate surface area is 164 Å². The van der Waals surface area contributed by atoms with Gasteiger partial charge in [-0.3, -0.25) is 5.32 Å². The summed E-state index contributed by atoms with van der Waals surface area (Å²) in [7, 11) is 2.13. The van der Waals surface area contributed by atoms with Crippen molar-refractivity contribution in [1.82, 2.24) is 29.8 Å². The fourth-order valence-electron chi connectivity index (χ4n) is 3.06. The highest BCUT2D eigenvalue weighted by Gasteiger charge is 2.18. The molecular weight excluding hydrogens is 352 g/mol. The number of likely N-dealkylation sites (N-methyl/N-ethyl adjacent to an activating group) is 1. The highest BCUT2D eigenvalue weighted by molar-refractivity contribution is 5.60. The molecule has 0 amide bonds. The molecule has 0 aliphatic carbocycles. The third-order valence-corrected chi connectivity index (χ3v) is 4.72. The number of nitrogens with one attached hydrogen (secondary N) is 1. The first kappa shape index (κ1) is 18.2. The lowest BCUT2D eigenvalue weighted by Crippen LogP contribution is -2.45. The van der Waals surface area contributed by atoms with Gasteiger partial charge in [0.15, 0.2) is 0 Å². The molecular formula is C20H24N8. The lowest BCUT2D eigenvalue weighted by atomic mass is 10.1. The second-order valence-corrected chi connectivity index (χ2v) is 6.78. The Morgan fingerprint density at radius 3 is 2.43 bits per heavy atom. The van der Waals surface area contributed by atoms with Gasteiger partial charge in [0.05, 0.1) is 5.69 Å². The van der Waals surface area contributed by atoms with Crippen LogP contribution in [0.15, 0.2) is 42.6 Å². The Hall–Kier alpha value is -3.13. The van der Waals surface area contributed by atoms with Gasteiger partial charge in [-0.25, -0.2) is 9.97 Å². The van der Waals surface area contributed by atoms with E-state index in [1.54, 1.807) is 6.20 Å². The fourth-order valence-corrected chi connectivity index (χ4v) is 3.06. The van der Waals surface area contributed by atoms with Gasteiger partial charge in [0.2, 0.25) is 17.8 Å². The van der Waals surface area contributed by atoms with Crippen LogP contribution in [-0.2, 0) is 6.42 Å². The Kier molecular flexibility index (Phi) is 5.38. The SMILES string of the molecule is CCc1nc(Nc2nccc(-c3ccccc3)n2)nc(N2CCN(C)CC2)n1. The molecule has 0 spiro atoms. The maximum absolute atomic E-state index is 4.62. The molecule has 8 heteroatoms. The zero-order valence-corrected chi connectivity index (χ0v) is 16.2. The van der Waals surface area contributed by atoms with Crippen LogP contribution in [0.1, 0.15) is 12.7 Å². The first-order chi connectivity index (χ1) is 13.7. The topological polar surface area (TPSA) is 83.0 Å². The van der Waals surface area contributed by atoms with E-state index in [9.17, 15) is 0 Å². The molecule has 0 atom stereocenters. The highest BCUT2D eigenvalue weighted by Crippen LogP contribution is 2.19. The molecule has 8 nitrogen and oxygen atoms in total. The van der Waals surface area contributed by atoms with Crippen molar-refractivity contribution in [3.63, 3.8) is 0 Å². The molecule has 0 unspecified atom stereocenters. The van der Waals surface area contributed by atoms with Crippen molar-refractivity contribution in [2.75, 3.05) is 43.4 Å². The maximum Gasteiger partial charge on any atom is 0.234 e. The second-order valence-electron chi connectivity index (χ2n) is 6.78. The lowest BCUT2D eigenvalue weighted by Gasteiger charge is -2.32. The van der Waals surface area contributed by atoms with Crippen molar-refractivity contribution in [2.45, 2.75) is 13.3 Å². The van der Waals surface area contributed by atoms with Crippen LogP contribution in [-0.4, -0.2) is 63.0 Å². The van der Waals surface area contributed by atoms with E-state index < -0.39 is 0 Å². The average molecular weight is 376 g/mol. The van der Waals surface area contributed by atoms with Gasteiger partial charge in [0, 0.05) is 44.4 Å². The van der Waals surface area contributed by atoms with Gasteiger partial charge in [-0.2, -0.15) is 15.0 Å². The summed E-state index contributed by atoms with van der Waals surface area (Å²) in [5, 5.41) is 3.16. The molecule has 144 valence electrons. The highest BCUT2D eigenvalue weighted by atomic mass is 15.3. The summed E-state index contributed by atoms with van der Waals surface area (Å²) in [5.74, 6) is 2.41. The van der Waals surface area contributed by atoms with Crippen LogP contribution in [0.25, 0.3) is 11.3 Å². The normalized spacial score (nSPS) is 14.9. The van der Waals surface area contributed by atoms with Gasteiger partial charge < -0.3 is 9.80 Å². The molecule has 0 bridgehead atoms. The third-order valence-electron chi connectivity index (χ3n) is 4.72. The predicted molar refractivity (Wildman–Crippen MR) is 110 cm³/mol. The van der Waals surface area contributed by atoms with E-state index in [0.717, 1.165) is 49.7 Å². The lowest BCUT2D eigenvalue weighted by molar-refractivity contribution is 0.311. The molecule has 3 heterocycles. The van der Waals surface area contributed by atoms with E-state index in [1.807, 2.05) is 43.3 Å². The first-order valence-electron chi connectivity index (χ1n) is 9.55. The van der Waals surface area contributed by atoms with Crippen LogP contribution in [0.5, 0.6) is 0 Å². The zero-order valence-electron chi connectivity index (χ0n) is 16.2. The number of aryl methyl sites for hydroxylation is 1. The molecule has 4 rings (SSSR count). The smallest absolute Gasteiger partial charge is 0.234 e. The van der Waals surface area contributed by atoms with E-state index in [2.05, 4.69) is 47.1 Å². The number of aromatic nitrogens is 5. The summed E-state index contributed by atoms with van der Waals surface area (Å²) in [6.07, 6.45) is 2.48. The Morgan fingerprint density at radius 2 is 1.68 bits per heavy atom. The van der Waals surface area contributed by atoms with Gasteiger partial charge in [0.25, 0.3) is 0 Å². The molecule has 0 radical (unpaired) electrons. The summed E-state index contributed by atoms with van der Waals surface area (Å²) in [6.45, 7) is 5.85. The Morgan fingerprint density at radius 1 is 0.893 bits per heavy atom. The van der Waals surface area contributed by atoms with Crippen LogP contribution in [0.2, 0.25) is 0 Å². The Balaban J connectivity index is 1.58. The van der Waals surface area contributed by atoms with Crippen molar-refractivity contribution in [3.8, 4) is 11.3 Å². The summed E-state index contributed by atoms with van der Waals surface area (Å²) >= 11 is 0. The number of anilines is 3. The van der Waals surface area contributed by atoms with Crippen molar-refractivity contribution < 1.29 is 0 Å². The molecule has 1 aliphatic rings. The van der Waals surface area contributed by atoms with Gasteiger partial charge in [-0.05, 0) is 13.1 Å². The zero-order chi connectivity index (χ0) is 19.3. The number of rotatable bonds is 5. The third kappa shape index (κ3) is 4.23. The molecule has 1 fully saturated rings. The quantitative estimate of drug-likeness (QED) is 0.727. The molecule has 1 saturated heterocycles. The molecule has 1 N–H and O–H groups in total. The number of nitrogens with zero attached hydrogens (tertiary/aromatic N) is 7. The van der Waals surface area contributed by atoms with E-state index in [1.165, 1.54) is 0 Å². The van der Waals surface area contributed by atoms with Crippen LogP contribution >= 0.6 is 0 Å². The predicted octanol–water partition coefficient (Wildman–Crippen LogP) is 2.39. The van der Waals surface area contributed by atoms with Crippen LogP contribution in [0, 0.1) is 0 Å². The van der Waals surface area contributed by atoms with Gasteiger partial charge in [-0.15, -0.1) is 0 Å². The second kappa shape index (κ2) is 8.26. The minimum absolute atomic E-state index is 0.471. The van der Waals surface area contributed by atoms with Crippen LogP contribution in [0.3, 0.4) is 0 Å². The molecule has 1 aromatic carbocycles.